The van der Waals surface area contributed by atoms with Crippen LogP contribution in [0.3, 0.4) is 0 Å². The van der Waals surface area contributed by atoms with Crippen molar-refractivity contribution in [1.29, 1.82) is 0 Å². The molecule has 22 heavy (non-hydrogen) atoms. The van der Waals surface area contributed by atoms with Gasteiger partial charge < -0.3 is 14.8 Å². The Morgan fingerprint density at radius 1 is 1.36 bits per heavy atom. The van der Waals surface area contributed by atoms with Gasteiger partial charge in [-0.05, 0) is 37.8 Å². The molecule has 118 valence electrons. The summed E-state index contributed by atoms with van der Waals surface area (Å²) >= 11 is 0. The summed E-state index contributed by atoms with van der Waals surface area (Å²) < 4.78 is 5.17. The minimum atomic E-state index is -0.425. The van der Waals surface area contributed by atoms with E-state index in [1.807, 2.05) is 13.0 Å². The lowest BCUT2D eigenvalue weighted by atomic mass is 10.1. The SMILES string of the molecule is Cc1cc(C(=O)NCc2cc(CC(C)C)no2)c(=O)[nH]c1C. The maximum atomic E-state index is 12.1. The normalized spacial score (nSPS) is 11.0. The highest BCUT2D eigenvalue weighted by molar-refractivity contribution is 5.93. The van der Waals surface area contributed by atoms with Crippen LogP contribution in [0.4, 0.5) is 0 Å². The Morgan fingerprint density at radius 2 is 2.09 bits per heavy atom. The van der Waals surface area contributed by atoms with Crippen molar-refractivity contribution in [2.24, 2.45) is 5.92 Å². The van der Waals surface area contributed by atoms with Gasteiger partial charge in [-0.1, -0.05) is 19.0 Å². The number of amides is 1. The first-order chi connectivity index (χ1) is 10.4. The molecule has 2 heterocycles. The lowest BCUT2D eigenvalue weighted by Gasteiger charge is -2.05. The van der Waals surface area contributed by atoms with Crippen molar-refractivity contribution < 1.29 is 9.32 Å². The summed E-state index contributed by atoms with van der Waals surface area (Å²) in [6, 6.07) is 3.42. The summed E-state index contributed by atoms with van der Waals surface area (Å²) in [4.78, 5) is 26.6. The van der Waals surface area contributed by atoms with Crippen molar-refractivity contribution in [2.75, 3.05) is 0 Å². The molecular formula is C16H21N3O3. The van der Waals surface area contributed by atoms with Gasteiger partial charge in [-0.3, -0.25) is 9.59 Å². The van der Waals surface area contributed by atoms with E-state index in [0.717, 1.165) is 23.4 Å². The number of carbonyl (C=O) groups excluding carboxylic acids is 1. The van der Waals surface area contributed by atoms with E-state index >= 15 is 0 Å². The molecule has 0 unspecified atom stereocenters. The molecule has 0 fully saturated rings. The maximum absolute atomic E-state index is 12.1. The molecule has 0 saturated carbocycles. The molecule has 6 nitrogen and oxygen atoms in total. The number of hydrogen-bond donors (Lipinski definition) is 2. The van der Waals surface area contributed by atoms with Crippen LogP contribution in [0.2, 0.25) is 0 Å². The van der Waals surface area contributed by atoms with Gasteiger partial charge in [0.15, 0.2) is 5.76 Å². The first kappa shape index (κ1) is 16.0. The zero-order valence-electron chi connectivity index (χ0n) is 13.3. The highest BCUT2D eigenvalue weighted by Crippen LogP contribution is 2.09. The summed E-state index contributed by atoms with van der Waals surface area (Å²) in [5.74, 6) is 0.636. The molecule has 0 spiro atoms. The molecule has 0 atom stereocenters. The van der Waals surface area contributed by atoms with Crippen LogP contribution in [0.5, 0.6) is 0 Å². The molecule has 0 aliphatic rings. The van der Waals surface area contributed by atoms with E-state index < -0.39 is 11.5 Å². The third kappa shape index (κ3) is 3.84. The number of carbonyl (C=O) groups is 1. The first-order valence-corrected chi connectivity index (χ1v) is 7.30. The van der Waals surface area contributed by atoms with Crippen LogP contribution in [0.25, 0.3) is 0 Å². The second-order valence-electron chi connectivity index (χ2n) is 5.89. The van der Waals surface area contributed by atoms with E-state index in [1.165, 1.54) is 0 Å². The molecule has 0 saturated heterocycles. The lowest BCUT2D eigenvalue weighted by molar-refractivity contribution is 0.0945. The Labute approximate surface area is 128 Å². The summed E-state index contributed by atoms with van der Waals surface area (Å²) in [6.07, 6.45) is 0.828. The van der Waals surface area contributed by atoms with Gasteiger partial charge in [0, 0.05) is 11.8 Å². The fourth-order valence-electron chi connectivity index (χ4n) is 2.11. The Kier molecular flexibility index (Phi) is 4.80. The predicted octanol–water partition coefficient (Wildman–Crippen LogP) is 2.11. The number of hydrogen-bond acceptors (Lipinski definition) is 4. The van der Waals surface area contributed by atoms with Crippen molar-refractivity contribution in [3.63, 3.8) is 0 Å². The zero-order chi connectivity index (χ0) is 16.3. The number of aryl methyl sites for hydroxylation is 2. The Hall–Kier alpha value is -2.37. The van der Waals surface area contributed by atoms with E-state index in [4.69, 9.17) is 4.52 Å². The molecule has 2 rings (SSSR count). The molecule has 0 aromatic carbocycles. The number of aromatic nitrogens is 2. The van der Waals surface area contributed by atoms with Crippen LogP contribution in [0.15, 0.2) is 21.5 Å². The smallest absolute Gasteiger partial charge is 0.261 e. The number of rotatable bonds is 5. The van der Waals surface area contributed by atoms with Gasteiger partial charge in [0.2, 0.25) is 0 Å². The van der Waals surface area contributed by atoms with Crippen molar-refractivity contribution >= 4 is 5.91 Å². The van der Waals surface area contributed by atoms with Gasteiger partial charge in [0.1, 0.15) is 5.56 Å². The quantitative estimate of drug-likeness (QED) is 0.885. The second kappa shape index (κ2) is 6.60. The third-order valence-corrected chi connectivity index (χ3v) is 3.39. The number of pyridine rings is 1. The standard InChI is InChI=1S/C16H21N3O3/c1-9(2)5-12-7-13(22-19-12)8-17-15(20)14-6-10(3)11(4)18-16(14)21/h6-7,9H,5,8H2,1-4H3,(H,17,20)(H,18,21). The molecule has 1 amide bonds. The number of H-pyrrole nitrogens is 1. The van der Waals surface area contributed by atoms with Crippen LogP contribution in [0, 0.1) is 19.8 Å². The fraction of sp³-hybridized carbons (Fsp3) is 0.438. The van der Waals surface area contributed by atoms with E-state index in [1.54, 1.807) is 13.0 Å². The highest BCUT2D eigenvalue weighted by atomic mass is 16.5. The van der Waals surface area contributed by atoms with Gasteiger partial charge in [-0.25, -0.2) is 0 Å². The summed E-state index contributed by atoms with van der Waals surface area (Å²) in [6.45, 7) is 8.04. The average Bonchev–Trinajstić information content (AvgIpc) is 2.87. The van der Waals surface area contributed by atoms with E-state index in [2.05, 4.69) is 29.3 Å². The van der Waals surface area contributed by atoms with Crippen molar-refractivity contribution in [2.45, 2.75) is 40.7 Å². The Balaban J connectivity index is 2.02. The van der Waals surface area contributed by atoms with Crippen LogP contribution in [-0.4, -0.2) is 16.0 Å². The van der Waals surface area contributed by atoms with Crippen molar-refractivity contribution in [1.82, 2.24) is 15.5 Å². The lowest BCUT2D eigenvalue weighted by Crippen LogP contribution is -2.29. The first-order valence-electron chi connectivity index (χ1n) is 7.30. The monoisotopic (exact) mass is 303 g/mol. The maximum Gasteiger partial charge on any atom is 0.261 e. The van der Waals surface area contributed by atoms with Gasteiger partial charge in [0.25, 0.3) is 11.5 Å². The van der Waals surface area contributed by atoms with E-state index in [0.29, 0.717) is 11.7 Å². The van der Waals surface area contributed by atoms with E-state index in [9.17, 15) is 9.59 Å². The summed E-state index contributed by atoms with van der Waals surface area (Å²) in [5, 5.41) is 6.63. The summed E-state index contributed by atoms with van der Waals surface area (Å²) in [7, 11) is 0. The molecule has 0 radical (unpaired) electrons. The zero-order valence-corrected chi connectivity index (χ0v) is 13.3. The topological polar surface area (TPSA) is 88.0 Å². The number of nitrogens with zero attached hydrogens (tertiary/aromatic N) is 1. The third-order valence-electron chi connectivity index (χ3n) is 3.39. The minimum absolute atomic E-state index is 0.102. The van der Waals surface area contributed by atoms with Gasteiger partial charge in [0.05, 0.1) is 12.2 Å². The van der Waals surface area contributed by atoms with Crippen molar-refractivity contribution in [3.05, 3.63) is 50.8 Å². The molecular weight excluding hydrogens is 282 g/mol. The molecule has 6 heteroatoms. The van der Waals surface area contributed by atoms with Gasteiger partial charge in [-0.15, -0.1) is 0 Å². The predicted molar refractivity (Wildman–Crippen MR) is 82.8 cm³/mol. The van der Waals surface area contributed by atoms with E-state index in [-0.39, 0.29) is 12.1 Å². The molecule has 0 bridgehead atoms. The van der Waals surface area contributed by atoms with Crippen molar-refractivity contribution in [3.8, 4) is 0 Å². The van der Waals surface area contributed by atoms with Gasteiger partial charge >= 0.3 is 0 Å². The van der Waals surface area contributed by atoms with Crippen LogP contribution in [0.1, 0.15) is 46.9 Å². The second-order valence-corrected chi connectivity index (χ2v) is 5.89. The van der Waals surface area contributed by atoms with Crippen LogP contribution >= 0.6 is 0 Å². The Morgan fingerprint density at radius 3 is 2.77 bits per heavy atom. The van der Waals surface area contributed by atoms with Crippen LogP contribution < -0.4 is 10.9 Å². The largest absolute Gasteiger partial charge is 0.359 e. The summed E-state index contributed by atoms with van der Waals surface area (Å²) in [5.41, 5.74) is 2.20. The highest BCUT2D eigenvalue weighted by Gasteiger charge is 2.13. The fourth-order valence-corrected chi connectivity index (χ4v) is 2.11. The molecule has 2 N–H and O–H groups in total. The molecule has 0 aliphatic carbocycles. The minimum Gasteiger partial charge on any atom is -0.359 e. The van der Waals surface area contributed by atoms with Crippen LogP contribution in [-0.2, 0) is 13.0 Å². The number of aromatic amines is 1. The van der Waals surface area contributed by atoms with Gasteiger partial charge in [-0.2, -0.15) is 0 Å². The average molecular weight is 303 g/mol. The molecule has 0 aliphatic heterocycles. The Bertz CT molecular complexity index is 728. The molecule has 2 aromatic rings. The number of nitrogens with one attached hydrogen (secondary N) is 2. The molecule has 2 aromatic heterocycles.